The van der Waals surface area contributed by atoms with Crippen LogP contribution in [0.4, 0.5) is 4.39 Å². The fourth-order valence-corrected chi connectivity index (χ4v) is 1.75. The molecular weight excluding hydrogens is 271 g/mol. The zero-order chi connectivity index (χ0) is 15.1. The van der Waals surface area contributed by atoms with Crippen LogP contribution < -0.4 is 5.32 Å². The number of benzene rings is 1. The number of hydrogen-bond donors (Lipinski definition) is 2. The van der Waals surface area contributed by atoms with Crippen LogP contribution in [0.25, 0.3) is 0 Å². The minimum Gasteiger partial charge on any atom is -0.384 e. The highest BCUT2D eigenvalue weighted by Crippen LogP contribution is 2.07. The van der Waals surface area contributed by atoms with Crippen molar-refractivity contribution in [3.05, 3.63) is 65.2 Å². The Labute approximate surface area is 121 Å². The molecule has 1 aromatic heterocycles. The van der Waals surface area contributed by atoms with Crippen LogP contribution in [-0.4, -0.2) is 22.6 Å². The first-order valence-electron chi connectivity index (χ1n) is 6.27. The van der Waals surface area contributed by atoms with Crippen molar-refractivity contribution in [1.29, 1.82) is 0 Å². The molecule has 0 unspecified atom stereocenters. The van der Waals surface area contributed by atoms with Crippen LogP contribution in [0.15, 0.2) is 42.7 Å². The number of halogens is 1. The average molecular weight is 284 g/mol. The van der Waals surface area contributed by atoms with Gasteiger partial charge in [0.05, 0.1) is 11.1 Å². The molecule has 1 amide bonds. The van der Waals surface area contributed by atoms with Crippen molar-refractivity contribution >= 4 is 5.91 Å². The number of pyridine rings is 1. The molecule has 5 heteroatoms. The number of nitrogens with zero attached hydrogens (tertiary/aromatic N) is 1. The third kappa shape index (κ3) is 4.13. The quantitative estimate of drug-likeness (QED) is 0.840. The summed E-state index contributed by atoms with van der Waals surface area (Å²) in [6.07, 6.45) is 2.95. The van der Waals surface area contributed by atoms with Crippen LogP contribution in [0.5, 0.6) is 0 Å². The van der Waals surface area contributed by atoms with Gasteiger partial charge in [-0.05, 0) is 23.8 Å². The summed E-state index contributed by atoms with van der Waals surface area (Å²) in [6.45, 7) is -0.0783. The van der Waals surface area contributed by atoms with Gasteiger partial charge >= 0.3 is 0 Å². The Bertz CT molecular complexity index is 705. The second-order valence-corrected chi connectivity index (χ2v) is 4.19. The zero-order valence-corrected chi connectivity index (χ0v) is 11.1. The van der Waals surface area contributed by atoms with Gasteiger partial charge in [-0.3, -0.25) is 9.78 Å². The van der Waals surface area contributed by atoms with Gasteiger partial charge in [-0.2, -0.15) is 0 Å². The Morgan fingerprint density at radius 2 is 2.24 bits per heavy atom. The zero-order valence-electron chi connectivity index (χ0n) is 11.1. The van der Waals surface area contributed by atoms with E-state index in [0.29, 0.717) is 16.7 Å². The van der Waals surface area contributed by atoms with E-state index in [4.69, 9.17) is 5.11 Å². The molecule has 0 aliphatic carbocycles. The minimum atomic E-state index is -0.347. The smallest absolute Gasteiger partial charge is 0.252 e. The predicted molar refractivity (Wildman–Crippen MR) is 75.8 cm³/mol. The number of hydrogen-bond acceptors (Lipinski definition) is 3. The molecule has 2 aromatic rings. The van der Waals surface area contributed by atoms with Gasteiger partial charge in [0, 0.05) is 18.9 Å². The summed E-state index contributed by atoms with van der Waals surface area (Å²) in [5, 5.41) is 11.4. The summed E-state index contributed by atoms with van der Waals surface area (Å²) < 4.78 is 13.1. The number of nitrogens with one attached hydrogen (secondary N) is 1. The Morgan fingerprint density at radius 1 is 1.38 bits per heavy atom. The van der Waals surface area contributed by atoms with E-state index in [9.17, 15) is 9.18 Å². The van der Waals surface area contributed by atoms with Crippen molar-refractivity contribution in [2.45, 2.75) is 6.54 Å². The van der Waals surface area contributed by atoms with Crippen molar-refractivity contribution in [2.24, 2.45) is 0 Å². The predicted octanol–water partition coefficient (Wildman–Crippen LogP) is 1.49. The van der Waals surface area contributed by atoms with Gasteiger partial charge in [0.25, 0.3) is 5.91 Å². The van der Waals surface area contributed by atoms with E-state index in [1.54, 1.807) is 18.2 Å². The lowest BCUT2D eigenvalue weighted by Crippen LogP contribution is -2.23. The van der Waals surface area contributed by atoms with Crippen LogP contribution in [-0.2, 0) is 6.54 Å². The normalized spacial score (nSPS) is 9.62. The average Bonchev–Trinajstić information content (AvgIpc) is 2.51. The van der Waals surface area contributed by atoms with E-state index in [0.717, 1.165) is 0 Å². The van der Waals surface area contributed by atoms with E-state index in [1.165, 1.54) is 24.5 Å². The number of aliphatic hydroxyl groups excluding tert-OH is 1. The lowest BCUT2D eigenvalue weighted by Gasteiger charge is -2.07. The summed E-state index contributed by atoms with van der Waals surface area (Å²) >= 11 is 0. The van der Waals surface area contributed by atoms with Gasteiger partial charge in [-0.1, -0.05) is 24.0 Å². The Morgan fingerprint density at radius 3 is 3.00 bits per heavy atom. The number of aromatic nitrogens is 1. The number of aliphatic hydroxyl groups is 1. The molecule has 1 aromatic carbocycles. The first kappa shape index (κ1) is 14.7. The summed E-state index contributed by atoms with van der Waals surface area (Å²) in [5.41, 5.74) is 1.46. The molecule has 0 saturated heterocycles. The van der Waals surface area contributed by atoms with Crippen LogP contribution in [0, 0.1) is 17.7 Å². The van der Waals surface area contributed by atoms with Gasteiger partial charge in [0.2, 0.25) is 0 Å². The third-order valence-corrected chi connectivity index (χ3v) is 2.71. The van der Waals surface area contributed by atoms with Crippen LogP contribution in [0.3, 0.4) is 0 Å². The fraction of sp³-hybridized carbons (Fsp3) is 0.125. The van der Waals surface area contributed by atoms with Crippen LogP contribution >= 0.6 is 0 Å². The molecule has 0 spiro atoms. The van der Waals surface area contributed by atoms with E-state index in [2.05, 4.69) is 22.1 Å². The molecule has 106 valence electrons. The third-order valence-electron chi connectivity index (χ3n) is 2.71. The molecule has 4 nitrogen and oxygen atoms in total. The molecule has 0 aliphatic heterocycles. The van der Waals surface area contributed by atoms with Crippen molar-refractivity contribution in [2.75, 3.05) is 6.61 Å². The van der Waals surface area contributed by atoms with Gasteiger partial charge in [-0.15, -0.1) is 0 Å². The second-order valence-electron chi connectivity index (χ2n) is 4.19. The molecule has 0 aliphatic rings. The van der Waals surface area contributed by atoms with Crippen molar-refractivity contribution in [3.8, 4) is 11.8 Å². The molecule has 0 bridgehead atoms. The summed E-state index contributed by atoms with van der Waals surface area (Å²) in [6, 6.07) is 7.56. The fourth-order valence-electron chi connectivity index (χ4n) is 1.75. The summed E-state index contributed by atoms with van der Waals surface area (Å²) in [7, 11) is 0. The lowest BCUT2D eigenvalue weighted by atomic mass is 10.1. The first-order valence-corrected chi connectivity index (χ1v) is 6.27. The maximum Gasteiger partial charge on any atom is 0.252 e. The summed E-state index contributed by atoms with van der Waals surface area (Å²) in [5.74, 6) is 4.47. The number of rotatable bonds is 3. The van der Waals surface area contributed by atoms with Crippen molar-refractivity contribution < 1.29 is 14.3 Å². The highest BCUT2D eigenvalue weighted by Gasteiger charge is 2.09. The SMILES string of the molecule is O=C(NCc1cccc(F)c1)c1ccncc1C#CCO. The Kier molecular flexibility index (Phi) is 5.02. The van der Waals surface area contributed by atoms with E-state index in [-0.39, 0.29) is 24.9 Å². The van der Waals surface area contributed by atoms with E-state index >= 15 is 0 Å². The van der Waals surface area contributed by atoms with Crippen LogP contribution in [0.2, 0.25) is 0 Å². The standard InChI is InChI=1S/C16H13FN2O2/c17-14-5-1-3-12(9-14)10-19-16(21)15-6-7-18-11-13(15)4-2-8-20/h1,3,5-7,9,11,20H,8,10H2,(H,19,21). The molecule has 0 fully saturated rings. The van der Waals surface area contributed by atoms with Gasteiger partial charge in [0.15, 0.2) is 0 Å². The maximum absolute atomic E-state index is 13.1. The molecule has 2 N–H and O–H groups in total. The van der Waals surface area contributed by atoms with Gasteiger partial charge in [0.1, 0.15) is 12.4 Å². The highest BCUT2D eigenvalue weighted by molar-refractivity contribution is 5.96. The molecule has 2 rings (SSSR count). The Balaban J connectivity index is 2.10. The number of carbonyl (C=O) groups is 1. The highest BCUT2D eigenvalue weighted by atomic mass is 19.1. The van der Waals surface area contributed by atoms with Crippen molar-refractivity contribution in [1.82, 2.24) is 10.3 Å². The van der Waals surface area contributed by atoms with Crippen LogP contribution in [0.1, 0.15) is 21.5 Å². The lowest BCUT2D eigenvalue weighted by molar-refractivity contribution is 0.0950. The molecule has 1 heterocycles. The van der Waals surface area contributed by atoms with E-state index in [1.807, 2.05) is 0 Å². The molecule has 0 atom stereocenters. The molecule has 21 heavy (non-hydrogen) atoms. The molecular formula is C16H13FN2O2. The molecule has 0 saturated carbocycles. The minimum absolute atomic E-state index is 0.214. The largest absolute Gasteiger partial charge is 0.384 e. The first-order chi connectivity index (χ1) is 10.2. The Hall–Kier alpha value is -2.71. The van der Waals surface area contributed by atoms with E-state index < -0.39 is 0 Å². The maximum atomic E-state index is 13.1. The van der Waals surface area contributed by atoms with Crippen molar-refractivity contribution in [3.63, 3.8) is 0 Å². The topological polar surface area (TPSA) is 62.2 Å². The summed E-state index contributed by atoms with van der Waals surface area (Å²) in [4.78, 5) is 16.0. The monoisotopic (exact) mass is 284 g/mol. The van der Waals surface area contributed by atoms with Gasteiger partial charge in [-0.25, -0.2) is 4.39 Å². The number of carbonyl (C=O) groups excluding carboxylic acids is 1. The molecule has 0 radical (unpaired) electrons. The van der Waals surface area contributed by atoms with Gasteiger partial charge < -0.3 is 10.4 Å². The second kappa shape index (κ2) is 7.17. The number of amides is 1.